The first-order chi connectivity index (χ1) is 20.8. The summed E-state index contributed by atoms with van der Waals surface area (Å²) >= 11 is 0. The highest BCUT2D eigenvalue weighted by molar-refractivity contribution is 7.46. The number of nitrogens with zero attached hydrogens (tertiary/aromatic N) is 1. The first-order valence-electron chi connectivity index (χ1n) is 14.5. The lowest BCUT2D eigenvalue weighted by Crippen LogP contribution is -2.23. The molecule has 0 aromatic heterocycles. The lowest BCUT2D eigenvalue weighted by Gasteiger charge is -2.32. The normalized spacial score (nSPS) is 13.5. The molecule has 0 bridgehead atoms. The highest BCUT2D eigenvalue weighted by Gasteiger charge is 2.41. The Morgan fingerprint density at radius 3 is 1.72 bits per heavy atom. The summed E-state index contributed by atoms with van der Waals surface area (Å²) < 4.78 is 15.8. The van der Waals surface area contributed by atoms with Crippen molar-refractivity contribution in [3.63, 3.8) is 0 Å². The number of anilines is 3. The van der Waals surface area contributed by atoms with Crippen molar-refractivity contribution in [1.82, 2.24) is 0 Å². The van der Waals surface area contributed by atoms with Crippen LogP contribution >= 0.6 is 7.82 Å². The molecule has 216 valence electrons. The molecule has 5 nitrogen and oxygen atoms in total. The van der Waals surface area contributed by atoms with E-state index < -0.39 is 7.82 Å². The van der Waals surface area contributed by atoms with Crippen LogP contribution in [0, 0.1) is 0 Å². The molecule has 0 saturated carbocycles. The molecule has 0 radical (unpaired) electrons. The molecule has 5 aromatic rings. The van der Waals surface area contributed by atoms with Crippen molar-refractivity contribution >= 4 is 37.0 Å². The van der Waals surface area contributed by atoms with Crippen molar-refractivity contribution in [3.05, 3.63) is 144 Å². The zero-order chi connectivity index (χ0) is 30.0. The maximum Gasteiger partial charge on any atom is 0.524 e. The van der Waals surface area contributed by atoms with E-state index in [2.05, 4.69) is 114 Å². The molecule has 6 rings (SSSR count). The summed E-state index contributed by atoms with van der Waals surface area (Å²) in [7, 11) is -4.58. The van der Waals surface area contributed by atoms with Crippen LogP contribution < -0.4 is 9.42 Å². The Balaban J connectivity index is 1.37. The fraction of sp³-hybridized carbons (Fsp3) is 0.135. The van der Waals surface area contributed by atoms with E-state index in [1.54, 1.807) is 24.3 Å². The van der Waals surface area contributed by atoms with Crippen LogP contribution in [0.1, 0.15) is 48.9 Å². The van der Waals surface area contributed by atoms with Gasteiger partial charge in [0, 0.05) is 22.5 Å². The highest BCUT2D eigenvalue weighted by atomic mass is 31.2. The van der Waals surface area contributed by atoms with Gasteiger partial charge in [0.25, 0.3) is 0 Å². The predicted octanol–water partition coefficient (Wildman–Crippen LogP) is 9.88. The van der Waals surface area contributed by atoms with Crippen molar-refractivity contribution in [3.8, 4) is 16.9 Å². The molecule has 1 aliphatic carbocycles. The highest BCUT2D eigenvalue weighted by Crippen LogP contribution is 2.54. The van der Waals surface area contributed by atoms with E-state index in [1.807, 2.05) is 18.2 Å². The molecule has 0 fully saturated rings. The Labute approximate surface area is 253 Å². The van der Waals surface area contributed by atoms with Gasteiger partial charge in [0.1, 0.15) is 5.75 Å². The number of phosphoric acid groups is 1. The molecule has 1 aliphatic rings. The number of hydrogen-bond acceptors (Lipinski definition) is 3. The van der Waals surface area contributed by atoms with E-state index in [4.69, 9.17) is 9.79 Å². The zero-order valence-corrected chi connectivity index (χ0v) is 25.1. The summed E-state index contributed by atoms with van der Waals surface area (Å²) in [6.07, 6.45) is 6.05. The van der Waals surface area contributed by atoms with Gasteiger partial charge in [-0.15, -0.1) is 0 Å². The van der Waals surface area contributed by atoms with Crippen LogP contribution in [0.15, 0.2) is 121 Å². The Morgan fingerprint density at radius 1 is 0.651 bits per heavy atom. The fourth-order valence-electron chi connectivity index (χ4n) is 6.33. The Kier molecular flexibility index (Phi) is 7.81. The maximum absolute atomic E-state index is 11.1. The molecule has 0 heterocycles. The average Bonchev–Trinajstić information content (AvgIpc) is 3.30. The first kappa shape index (κ1) is 28.7. The van der Waals surface area contributed by atoms with Gasteiger partial charge in [-0.05, 0) is 94.8 Å². The van der Waals surface area contributed by atoms with Gasteiger partial charge in [-0.1, -0.05) is 98.8 Å². The molecule has 5 aromatic carbocycles. The molecule has 0 unspecified atom stereocenters. The van der Waals surface area contributed by atoms with E-state index in [0.29, 0.717) is 0 Å². The minimum Gasteiger partial charge on any atom is -0.404 e. The van der Waals surface area contributed by atoms with Crippen LogP contribution in [0.4, 0.5) is 17.1 Å². The summed E-state index contributed by atoms with van der Waals surface area (Å²) in [4.78, 5) is 20.4. The summed E-state index contributed by atoms with van der Waals surface area (Å²) in [5, 5.41) is 0. The molecule has 0 aliphatic heterocycles. The molecule has 2 N–H and O–H groups in total. The molecule has 0 amide bonds. The quantitative estimate of drug-likeness (QED) is 0.133. The number of fused-ring (bicyclic) bond motifs is 3. The summed E-state index contributed by atoms with van der Waals surface area (Å²) in [5.41, 5.74) is 10.6. The summed E-state index contributed by atoms with van der Waals surface area (Å²) in [6.45, 7) is 4.57. The second-order valence-electron chi connectivity index (χ2n) is 10.8. The molecular formula is C37H34NO4P. The Morgan fingerprint density at radius 2 is 1.16 bits per heavy atom. The van der Waals surface area contributed by atoms with Crippen molar-refractivity contribution in [2.45, 2.75) is 32.1 Å². The number of rotatable bonds is 9. The van der Waals surface area contributed by atoms with Gasteiger partial charge in [0.2, 0.25) is 0 Å². The van der Waals surface area contributed by atoms with Crippen molar-refractivity contribution in [2.24, 2.45) is 0 Å². The monoisotopic (exact) mass is 587 g/mol. The molecule has 0 spiro atoms. The molecule has 0 atom stereocenters. The van der Waals surface area contributed by atoms with E-state index in [0.717, 1.165) is 41.0 Å². The van der Waals surface area contributed by atoms with Gasteiger partial charge in [0.05, 0.1) is 0 Å². The van der Waals surface area contributed by atoms with Gasteiger partial charge in [-0.3, -0.25) is 9.79 Å². The lowest BCUT2D eigenvalue weighted by atomic mass is 9.73. The van der Waals surface area contributed by atoms with Crippen molar-refractivity contribution < 1.29 is 18.9 Å². The number of benzene rings is 5. The van der Waals surface area contributed by atoms with Crippen molar-refractivity contribution in [1.29, 1.82) is 0 Å². The second kappa shape index (κ2) is 11.7. The SMILES string of the molecule is CCC1(CC)c2cc(C=Cc3ccc(OP(=O)(O)O)cc3)ccc2-c2ccc(N(c3ccccc3)c3ccccc3)cc21. The van der Waals surface area contributed by atoms with Crippen LogP contribution in [0.5, 0.6) is 5.75 Å². The van der Waals surface area contributed by atoms with Crippen LogP contribution in [-0.2, 0) is 9.98 Å². The molecule has 6 heteroatoms. The standard InChI is InChI=1S/C37H34NO4P/c1-3-37(4-2)35-25-28(16-15-27-17-21-32(22-18-27)42-43(39,40)41)19-23-33(35)34-24-20-31(26-36(34)37)38(29-11-7-5-8-12-29)30-13-9-6-10-14-30/h5-26H,3-4H2,1-2H3,(H2,39,40,41). The second-order valence-corrected chi connectivity index (χ2v) is 12.0. The minimum absolute atomic E-state index is 0.106. The number of hydrogen-bond donors (Lipinski definition) is 2. The van der Waals surface area contributed by atoms with E-state index in [1.165, 1.54) is 22.3 Å². The maximum atomic E-state index is 11.1. The van der Waals surface area contributed by atoms with E-state index in [9.17, 15) is 4.57 Å². The molecule has 0 saturated heterocycles. The van der Waals surface area contributed by atoms with Gasteiger partial charge in [-0.2, -0.15) is 0 Å². The number of phosphoric ester groups is 1. The summed E-state index contributed by atoms with van der Waals surface area (Å²) in [6, 6.07) is 41.3. The van der Waals surface area contributed by atoms with E-state index in [-0.39, 0.29) is 11.2 Å². The largest absolute Gasteiger partial charge is 0.524 e. The third-order valence-corrected chi connectivity index (χ3v) is 8.88. The third-order valence-electron chi connectivity index (χ3n) is 8.43. The van der Waals surface area contributed by atoms with Gasteiger partial charge >= 0.3 is 7.82 Å². The van der Waals surface area contributed by atoms with Gasteiger partial charge in [0.15, 0.2) is 0 Å². The predicted molar refractivity (Wildman–Crippen MR) is 176 cm³/mol. The number of para-hydroxylation sites is 2. The van der Waals surface area contributed by atoms with Crippen LogP contribution in [0.25, 0.3) is 23.3 Å². The van der Waals surface area contributed by atoms with Crippen LogP contribution in [-0.4, -0.2) is 9.79 Å². The molecular weight excluding hydrogens is 553 g/mol. The van der Waals surface area contributed by atoms with Crippen molar-refractivity contribution in [2.75, 3.05) is 4.90 Å². The fourth-order valence-corrected chi connectivity index (χ4v) is 6.72. The Hall–Kier alpha value is -4.41. The lowest BCUT2D eigenvalue weighted by molar-refractivity contribution is 0.283. The minimum atomic E-state index is -4.58. The first-order valence-corrected chi connectivity index (χ1v) is 16.1. The van der Waals surface area contributed by atoms with Gasteiger partial charge in [-0.25, -0.2) is 4.57 Å². The third kappa shape index (κ3) is 5.68. The topological polar surface area (TPSA) is 70.0 Å². The van der Waals surface area contributed by atoms with E-state index >= 15 is 0 Å². The molecule has 43 heavy (non-hydrogen) atoms. The van der Waals surface area contributed by atoms with Gasteiger partial charge < -0.3 is 9.42 Å². The zero-order valence-electron chi connectivity index (χ0n) is 24.2. The summed E-state index contributed by atoms with van der Waals surface area (Å²) in [5.74, 6) is 0.133. The van der Waals surface area contributed by atoms with Crippen LogP contribution in [0.3, 0.4) is 0 Å². The Bertz CT molecular complexity index is 1770. The smallest absolute Gasteiger partial charge is 0.404 e. The average molecular weight is 588 g/mol. The van der Waals surface area contributed by atoms with Crippen LogP contribution in [0.2, 0.25) is 0 Å².